The minimum absolute atomic E-state index is 0.0122. The Morgan fingerprint density at radius 3 is 2.90 bits per heavy atom. The maximum Gasteiger partial charge on any atom is 0.230 e. The SMILES string of the molecule is Cc1ccc(Oc2ncccc2/C(N)=N/O)c2c1CCC2. The van der Waals surface area contributed by atoms with Gasteiger partial charge in [-0.05, 0) is 61.1 Å². The summed E-state index contributed by atoms with van der Waals surface area (Å²) >= 11 is 0. The molecule has 0 saturated carbocycles. The normalized spacial score (nSPS) is 14.0. The third kappa shape index (κ3) is 2.42. The molecule has 0 saturated heterocycles. The number of nitrogens with two attached hydrogens (primary N) is 1. The van der Waals surface area contributed by atoms with Gasteiger partial charge in [-0.3, -0.25) is 0 Å². The molecule has 0 atom stereocenters. The predicted molar refractivity (Wildman–Crippen MR) is 80.0 cm³/mol. The van der Waals surface area contributed by atoms with Crippen LogP contribution in [0.5, 0.6) is 11.6 Å². The molecule has 5 nitrogen and oxygen atoms in total. The number of hydrogen-bond donors (Lipinski definition) is 2. The van der Waals surface area contributed by atoms with E-state index in [9.17, 15) is 0 Å². The maximum atomic E-state index is 8.85. The lowest BCUT2D eigenvalue weighted by molar-refractivity contribution is 0.318. The van der Waals surface area contributed by atoms with Crippen molar-refractivity contribution in [1.29, 1.82) is 0 Å². The Labute approximate surface area is 123 Å². The van der Waals surface area contributed by atoms with Gasteiger partial charge in [0.05, 0.1) is 5.56 Å². The van der Waals surface area contributed by atoms with Crippen LogP contribution in [-0.4, -0.2) is 16.0 Å². The molecular formula is C16H17N3O2. The Kier molecular flexibility index (Phi) is 3.48. The number of oxime groups is 1. The first kappa shape index (κ1) is 13.4. The molecule has 21 heavy (non-hydrogen) atoms. The van der Waals surface area contributed by atoms with Gasteiger partial charge in [0, 0.05) is 6.20 Å². The molecule has 1 aliphatic rings. The molecule has 108 valence electrons. The van der Waals surface area contributed by atoms with Crippen LogP contribution >= 0.6 is 0 Å². The lowest BCUT2D eigenvalue weighted by Gasteiger charge is -2.13. The van der Waals surface area contributed by atoms with Crippen LogP contribution in [0.15, 0.2) is 35.6 Å². The van der Waals surface area contributed by atoms with Gasteiger partial charge in [-0.1, -0.05) is 11.2 Å². The number of hydrogen-bond acceptors (Lipinski definition) is 4. The second-order valence-corrected chi connectivity index (χ2v) is 5.13. The second-order valence-electron chi connectivity index (χ2n) is 5.13. The number of aromatic nitrogens is 1. The third-order valence-electron chi connectivity index (χ3n) is 3.84. The third-order valence-corrected chi connectivity index (χ3v) is 3.84. The van der Waals surface area contributed by atoms with Crippen molar-refractivity contribution < 1.29 is 9.94 Å². The average molecular weight is 283 g/mol. The van der Waals surface area contributed by atoms with Crippen LogP contribution < -0.4 is 10.5 Å². The number of rotatable bonds is 3. The maximum absolute atomic E-state index is 8.85. The molecule has 3 N–H and O–H groups in total. The summed E-state index contributed by atoms with van der Waals surface area (Å²) in [5, 5.41) is 11.9. The summed E-state index contributed by atoms with van der Waals surface area (Å²) < 4.78 is 5.95. The number of nitrogens with zero attached hydrogens (tertiary/aromatic N) is 2. The van der Waals surface area contributed by atoms with E-state index in [-0.39, 0.29) is 5.84 Å². The summed E-state index contributed by atoms with van der Waals surface area (Å²) in [6.07, 6.45) is 4.87. The number of ether oxygens (including phenoxy) is 1. The van der Waals surface area contributed by atoms with Gasteiger partial charge in [-0.25, -0.2) is 4.98 Å². The van der Waals surface area contributed by atoms with E-state index in [4.69, 9.17) is 15.7 Å². The lowest BCUT2D eigenvalue weighted by atomic mass is 10.0. The molecule has 3 rings (SSSR count). The van der Waals surface area contributed by atoms with Crippen LogP contribution in [0.2, 0.25) is 0 Å². The van der Waals surface area contributed by atoms with Crippen LogP contribution in [0.4, 0.5) is 0 Å². The van der Waals surface area contributed by atoms with Gasteiger partial charge in [-0.2, -0.15) is 0 Å². The number of aryl methyl sites for hydroxylation is 1. The summed E-state index contributed by atoms with van der Waals surface area (Å²) in [4.78, 5) is 4.20. The van der Waals surface area contributed by atoms with Crippen LogP contribution in [0, 0.1) is 6.92 Å². The molecule has 0 radical (unpaired) electrons. The summed E-state index contributed by atoms with van der Waals surface area (Å²) in [6, 6.07) is 7.46. The first-order chi connectivity index (χ1) is 10.2. The van der Waals surface area contributed by atoms with E-state index in [2.05, 4.69) is 23.1 Å². The Hall–Kier alpha value is -2.56. The van der Waals surface area contributed by atoms with Gasteiger partial charge in [0.15, 0.2) is 5.84 Å². The Bertz CT molecular complexity index is 711. The van der Waals surface area contributed by atoms with Gasteiger partial charge in [0.2, 0.25) is 5.88 Å². The molecule has 2 aromatic rings. The van der Waals surface area contributed by atoms with Crippen molar-refractivity contribution in [3.05, 3.63) is 52.7 Å². The van der Waals surface area contributed by atoms with Crippen LogP contribution in [0.3, 0.4) is 0 Å². The fourth-order valence-corrected chi connectivity index (χ4v) is 2.77. The average Bonchev–Trinajstić information content (AvgIpc) is 3.00. The largest absolute Gasteiger partial charge is 0.438 e. The van der Waals surface area contributed by atoms with E-state index in [1.165, 1.54) is 16.7 Å². The number of pyridine rings is 1. The molecule has 0 unspecified atom stereocenters. The smallest absolute Gasteiger partial charge is 0.230 e. The van der Waals surface area contributed by atoms with Crippen molar-refractivity contribution in [2.75, 3.05) is 0 Å². The second kappa shape index (κ2) is 5.44. The number of amidine groups is 1. The fourth-order valence-electron chi connectivity index (χ4n) is 2.77. The quantitative estimate of drug-likeness (QED) is 0.393. The van der Waals surface area contributed by atoms with E-state index in [1.54, 1.807) is 18.3 Å². The van der Waals surface area contributed by atoms with Crippen LogP contribution in [0.25, 0.3) is 0 Å². The van der Waals surface area contributed by atoms with Gasteiger partial charge < -0.3 is 15.7 Å². The molecule has 0 aliphatic heterocycles. The molecule has 0 amide bonds. The zero-order chi connectivity index (χ0) is 14.8. The molecule has 0 spiro atoms. The molecule has 1 heterocycles. The fraction of sp³-hybridized carbons (Fsp3) is 0.250. The topological polar surface area (TPSA) is 80.7 Å². The van der Waals surface area contributed by atoms with E-state index in [0.717, 1.165) is 25.0 Å². The summed E-state index contributed by atoms with van der Waals surface area (Å²) in [5.74, 6) is 1.14. The zero-order valence-corrected chi connectivity index (χ0v) is 11.8. The highest BCUT2D eigenvalue weighted by molar-refractivity contribution is 5.99. The number of fused-ring (bicyclic) bond motifs is 1. The Morgan fingerprint density at radius 1 is 1.29 bits per heavy atom. The zero-order valence-electron chi connectivity index (χ0n) is 11.8. The van der Waals surface area contributed by atoms with Crippen molar-refractivity contribution in [1.82, 2.24) is 4.98 Å². The van der Waals surface area contributed by atoms with E-state index < -0.39 is 0 Å². The van der Waals surface area contributed by atoms with Crippen molar-refractivity contribution in [3.8, 4) is 11.6 Å². The molecule has 1 aromatic heterocycles. The summed E-state index contributed by atoms with van der Waals surface area (Å²) in [6.45, 7) is 2.12. The van der Waals surface area contributed by atoms with E-state index in [1.807, 2.05) is 6.07 Å². The highest BCUT2D eigenvalue weighted by Gasteiger charge is 2.19. The number of benzene rings is 1. The molecular weight excluding hydrogens is 266 g/mol. The summed E-state index contributed by atoms with van der Waals surface area (Å²) in [7, 11) is 0. The van der Waals surface area contributed by atoms with Crippen molar-refractivity contribution >= 4 is 5.84 Å². The highest BCUT2D eigenvalue weighted by atomic mass is 16.5. The van der Waals surface area contributed by atoms with E-state index >= 15 is 0 Å². The Morgan fingerprint density at radius 2 is 2.10 bits per heavy atom. The molecule has 1 aromatic carbocycles. The predicted octanol–water partition coefficient (Wildman–Crippen LogP) is 2.77. The van der Waals surface area contributed by atoms with Gasteiger partial charge in [0.1, 0.15) is 5.75 Å². The lowest BCUT2D eigenvalue weighted by Crippen LogP contribution is -2.14. The Balaban J connectivity index is 2.01. The molecule has 0 bridgehead atoms. The van der Waals surface area contributed by atoms with Gasteiger partial charge >= 0.3 is 0 Å². The highest BCUT2D eigenvalue weighted by Crippen LogP contribution is 2.35. The minimum atomic E-state index is -0.0122. The van der Waals surface area contributed by atoms with Crippen molar-refractivity contribution in [2.24, 2.45) is 10.9 Å². The summed E-state index contributed by atoms with van der Waals surface area (Å²) in [5.41, 5.74) is 10.1. The van der Waals surface area contributed by atoms with Gasteiger partial charge in [0.25, 0.3) is 0 Å². The van der Waals surface area contributed by atoms with Crippen LogP contribution in [0.1, 0.15) is 28.7 Å². The molecule has 5 heteroatoms. The van der Waals surface area contributed by atoms with Crippen LogP contribution in [-0.2, 0) is 12.8 Å². The van der Waals surface area contributed by atoms with Crippen molar-refractivity contribution in [2.45, 2.75) is 26.2 Å². The molecule has 1 aliphatic carbocycles. The first-order valence-corrected chi connectivity index (χ1v) is 6.93. The van der Waals surface area contributed by atoms with E-state index in [0.29, 0.717) is 11.4 Å². The standard InChI is InChI=1S/C16H17N3O2/c1-10-7-8-14(12-5-2-4-11(10)12)21-16-13(15(17)19-20)6-3-9-18-16/h3,6-9,20H,2,4-5H2,1H3,(H2,17,19). The van der Waals surface area contributed by atoms with Crippen molar-refractivity contribution in [3.63, 3.8) is 0 Å². The first-order valence-electron chi connectivity index (χ1n) is 6.93. The minimum Gasteiger partial charge on any atom is -0.438 e. The monoisotopic (exact) mass is 283 g/mol. The van der Waals surface area contributed by atoms with Gasteiger partial charge in [-0.15, -0.1) is 0 Å². The molecule has 0 fully saturated rings.